The van der Waals surface area contributed by atoms with Crippen LogP contribution in [0.4, 0.5) is 0 Å². The maximum Gasteiger partial charge on any atom is 0.0192 e. The zero-order chi connectivity index (χ0) is 14.0. The first-order chi connectivity index (χ1) is 8.88. The molecule has 1 unspecified atom stereocenters. The fourth-order valence-electron chi connectivity index (χ4n) is 3.49. The van der Waals surface area contributed by atoms with Crippen LogP contribution < -0.4 is 5.32 Å². The van der Waals surface area contributed by atoms with E-state index in [1.54, 1.807) is 0 Å². The van der Waals surface area contributed by atoms with Gasteiger partial charge in [0.25, 0.3) is 0 Å². The number of nitrogens with one attached hydrogen (secondary N) is 1. The molecule has 112 valence electrons. The van der Waals surface area contributed by atoms with E-state index in [9.17, 15) is 0 Å². The molecular weight excluding hydrogens is 232 g/mol. The molecule has 2 rings (SSSR count). The van der Waals surface area contributed by atoms with Gasteiger partial charge in [-0.25, -0.2) is 0 Å². The quantitative estimate of drug-likeness (QED) is 0.817. The van der Waals surface area contributed by atoms with E-state index in [0.717, 1.165) is 24.5 Å². The lowest BCUT2D eigenvalue weighted by Gasteiger charge is -2.38. The van der Waals surface area contributed by atoms with Crippen LogP contribution >= 0.6 is 0 Å². The Kier molecular flexibility index (Phi) is 4.94. The molecule has 0 aliphatic heterocycles. The SMILES string of the molecule is CC(CNC1CCC(C(C)(C)C)CC1)N(C)C1CC1. The highest BCUT2D eigenvalue weighted by atomic mass is 15.2. The molecule has 0 bridgehead atoms. The zero-order valence-corrected chi connectivity index (χ0v) is 13.7. The summed E-state index contributed by atoms with van der Waals surface area (Å²) < 4.78 is 0. The molecule has 0 amide bonds. The highest BCUT2D eigenvalue weighted by Crippen LogP contribution is 2.37. The molecular formula is C17H34N2. The summed E-state index contributed by atoms with van der Waals surface area (Å²) in [7, 11) is 2.29. The molecule has 2 nitrogen and oxygen atoms in total. The third-order valence-corrected chi connectivity index (χ3v) is 5.47. The fourth-order valence-corrected chi connectivity index (χ4v) is 3.49. The first-order valence-corrected chi connectivity index (χ1v) is 8.33. The molecule has 0 aromatic rings. The maximum absolute atomic E-state index is 3.82. The van der Waals surface area contributed by atoms with Gasteiger partial charge >= 0.3 is 0 Å². The van der Waals surface area contributed by atoms with Crippen molar-refractivity contribution in [2.75, 3.05) is 13.6 Å². The average Bonchev–Trinajstić information content (AvgIpc) is 3.18. The topological polar surface area (TPSA) is 15.3 Å². The lowest BCUT2D eigenvalue weighted by molar-refractivity contribution is 0.154. The van der Waals surface area contributed by atoms with Crippen LogP contribution in [0.15, 0.2) is 0 Å². The Balaban J connectivity index is 1.65. The van der Waals surface area contributed by atoms with E-state index in [1.165, 1.54) is 38.5 Å². The van der Waals surface area contributed by atoms with E-state index in [-0.39, 0.29) is 0 Å². The second-order valence-corrected chi connectivity index (χ2v) is 8.07. The molecule has 2 heteroatoms. The molecule has 0 aromatic carbocycles. The largest absolute Gasteiger partial charge is 0.312 e. The van der Waals surface area contributed by atoms with Crippen LogP contribution in [0, 0.1) is 11.3 Å². The summed E-state index contributed by atoms with van der Waals surface area (Å²) in [5, 5.41) is 3.82. The lowest BCUT2D eigenvalue weighted by Crippen LogP contribution is -2.44. The van der Waals surface area contributed by atoms with Crippen molar-refractivity contribution in [3.8, 4) is 0 Å². The van der Waals surface area contributed by atoms with Crippen LogP contribution in [0.2, 0.25) is 0 Å². The van der Waals surface area contributed by atoms with Gasteiger partial charge in [0.05, 0.1) is 0 Å². The van der Waals surface area contributed by atoms with Gasteiger partial charge in [0, 0.05) is 24.7 Å². The number of likely N-dealkylation sites (N-methyl/N-ethyl adjacent to an activating group) is 1. The van der Waals surface area contributed by atoms with Crippen molar-refractivity contribution in [2.45, 2.75) is 84.3 Å². The van der Waals surface area contributed by atoms with Gasteiger partial charge in [0.2, 0.25) is 0 Å². The maximum atomic E-state index is 3.82. The van der Waals surface area contributed by atoms with Crippen molar-refractivity contribution in [3.63, 3.8) is 0 Å². The van der Waals surface area contributed by atoms with Crippen molar-refractivity contribution in [3.05, 3.63) is 0 Å². The van der Waals surface area contributed by atoms with E-state index >= 15 is 0 Å². The van der Waals surface area contributed by atoms with Gasteiger partial charge in [0.1, 0.15) is 0 Å². The van der Waals surface area contributed by atoms with Gasteiger partial charge in [-0.05, 0) is 63.8 Å². The minimum absolute atomic E-state index is 0.504. The monoisotopic (exact) mass is 266 g/mol. The Labute approximate surface area is 120 Å². The number of hydrogen-bond acceptors (Lipinski definition) is 2. The highest BCUT2D eigenvalue weighted by Gasteiger charge is 2.31. The Morgan fingerprint density at radius 1 is 1.05 bits per heavy atom. The van der Waals surface area contributed by atoms with Crippen LogP contribution in [-0.2, 0) is 0 Å². The van der Waals surface area contributed by atoms with Crippen LogP contribution in [-0.4, -0.2) is 36.6 Å². The molecule has 1 N–H and O–H groups in total. The Morgan fingerprint density at radius 2 is 1.63 bits per heavy atom. The average molecular weight is 266 g/mol. The van der Waals surface area contributed by atoms with E-state index in [1.807, 2.05) is 0 Å². The van der Waals surface area contributed by atoms with E-state index < -0.39 is 0 Å². The van der Waals surface area contributed by atoms with Crippen LogP contribution in [0.3, 0.4) is 0 Å². The van der Waals surface area contributed by atoms with Crippen molar-refractivity contribution in [1.29, 1.82) is 0 Å². The van der Waals surface area contributed by atoms with Crippen molar-refractivity contribution >= 4 is 0 Å². The second-order valence-electron chi connectivity index (χ2n) is 8.07. The van der Waals surface area contributed by atoms with Crippen LogP contribution in [0.5, 0.6) is 0 Å². The normalized spacial score (nSPS) is 30.6. The molecule has 19 heavy (non-hydrogen) atoms. The zero-order valence-electron chi connectivity index (χ0n) is 13.7. The van der Waals surface area contributed by atoms with Gasteiger partial charge in [0.15, 0.2) is 0 Å². The molecule has 0 heterocycles. The summed E-state index contributed by atoms with van der Waals surface area (Å²) in [6.07, 6.45) is 8.40. The Morgan fingerprint density at radius 3 is 2.11 bits per heavy atom. The number of nitrogens with zero attached hydrogens (tertiary/aromatic N) is 1. The fraction of sp³-hybridized carbons (Fsp3) is 1.00. The minimum atomic E-state index is 0.504. The van der Waals surface area contributed by atoms with Gasteiger partial charge < -0.3 is 5.32 Å². The Hall–Kier alpha value is -0.0800. The molecule has 2 aliphatic carbocycles. The second kappa shape index (κ2) is 6.13. The predicted octanol–water partition coefficient (Wildman–Crippen LogP) is 3.66. The van der Waals surface area contributed by atoms with E-state index in [0.29, 0.717) is 11.5 Å². The minimum Gasteiger partial charge on any atom is -0.312 e. The molecule has 0 saturated heterocycles. The molecule has 2 saturated carbocycles. The standard InChI is InChI=1S/C17H34N2/c1-13(19(5)16-10-11-16)12-18-15-8-6-14(7-9-15)17(2,3)4/h13-16,18H,6-12H2,1-5H3. The highest BCUT2D eigenvalue weighted by molar-refractivity contribution is 4.87. The number of rotatable bonds is 5. The molecule has 0 aromatic heterocycles. The first kappa shape index (κ1) is 15.3. The van der Waals surface area contributed by atoms with Crippen molar-refractivity contribution in [1.82, 2.24) is 10.2 Å². The molecule has 2 fully saturated rings. The lowest BCUT2D eigenvalue weighted by atomic mass is 9.71. The smallest absolute Gasteiger partial charge is 0.0192 e. The summed E-state index contributed by atoms with van der Waals surface area (Å²) in [5.74, 6) is 0.928. The third-order valence-electron chi connectivity index (χ3n) is 5.47. The van der Waals surface area contributed by atoms with E-state index in [4.69, 9.17) is 0 Å². The summed E-state index contributed by atoms with van der Waals surface area (Å²) >= 11 is 0. The molecule has 0 spiro atoms. The summed E-state index contributed by atoms with van der Waals surface area (Å²) in [6.45, 7) is 10.7. The molecule has 2 aliphatic rings. The summed E-state index contributed by atoms with van der Waals surface area (Å²) in [6, 6.07) is 2.34. The first-order valence-electron chi connectivity index (χ1n) is 8.33. The van der Waals surface area contributed by atoms with Gasteiger partial charge in [-0.1, -0.05) is 20.8 Å². The van der Waals surface area contributed by atoms with Gasteiger partial charge in [-0.15, -0.1) is 0 Å². The summed E-state index contributed by atoms with van der Waals surface area (Å²) in [4.78, 5) is 2.56. The van der Waals surface area contributed by atoms with Gasteiger partial charge in [-0.2, -0.15) is 0 Å². The van der Waals surface area contributed by atoms with Crippen molar-refractivity contribution in [2.24, 2.45) is 11.3 Å². The number of hydrogen-bond donors (Lipinski definition) is 1. The molecule has 1 atom stereocenters. The van der Waals surface area contributed by atoms with E-state index in [2.05, 4.69) is 45.0 Å². The van der Waals surface area contributed by atoms with Crippen molar-refractivity contribution < 1.29 is 0 Å². The Bertz CT molecular complexity index is 269. The summed E-state index contributed by atoms with van der Waals surface area (Å²) in [5.41, 5.74) is 0.504. The van der Waals surface area contributed by atoms with Gasteiger partial charge in [-0.3, -0.25) is 4.90 Å². The third kappa shape index (κ3) is 4.46. The van der Waals surface area contributed by atoms with Crippen LogP contribution in [0.25, 0.3) is 0 Å². The molecule has 0 radical (unpaired) electrons. The predicted molar refractivity (Wildman–Crippen MR) is 83.5 cm³/mol. The van der Waals surface area contributed by atoms with Crippen LogP contribution in [0.1, 0.15) is 66.2 Å².